The number of carboxylic acid groups (broad SMARTS) is 1. The molecule has 2 rings (SSSR count). The fourth-order valence-corrected chi connectivity index (χ4v) is 4.09. The van der Waals surface area contributed by atoms with E-state index in [9.17, 15) is 14.7 Å². The van der Waals surface area contributed by atoms with Gasteiger partial charge < -0.3 is 5.11 Å². The van der Waals surface area contributed by atoms with E-state index in [0.717, 1.165) is 17.7 Å². The lowest BCUT2D eigenvalue weighted by Gasteiger charge is -2.22. The first-order valence-corrected chi connectivity index (χ1v) is 8.68. The second-order valence-electron chi connectivity index (χ2n) is 4.56. The van der Waals surface area contributed by atoms with E-state index in [1.807, 2.05) is 24.4 Å². The van der Waals surface area contributed by atoms with Crippen LogP contribution in [-0.2, 0) is 9.59 Å². The summed E-state index contributed by atoms with van der Waals surface area (Å²) in [6, 6.07) is 2.94. The molecule has 1 saturated heterocycles. The molecule has 0 aliphatic carbocycles. The largest absolute Gasteiger partial charge is 0.480 e. The predicted octanol–water partition coefficient (Wildman–Crippen LogP) is 3.59. The first-order valence-electron chi connectivity index (χ1n) is 6.58. The Morgan fingerprint density at radius 1 is 1.57 bits per heavy atom. The number of unbranched alkanes of at least 4 members (excludes halogenated alkanes) is 1. The van der Waals surface area contributed by atoms with Crippen LogP contribution < -0.4 is 0 Å². The molecule has 1 N–H and O–H groups in total. The number of aliphatic carboxylic acids is 1. The molecule has 0 bridgehead atoms. The van der Waals surface area contributed by atoms with Gasteiger partial charge in [0, 0.05) is 4.88 Å². The zero-order valence-electron chi connectivity index (χ0n) is 11.4. The molecule has 4 nitrogen and oxygen atoms in total. The van der Waals surface area contributed by atoms with Gasteiger partial charge in [-0.1, -0.05) is 49.8 Å². The molecule has 7 heteroatoms. The van der Waals surface area contributed by atoms with E-state index in [2.05, 4.69) is 0 Å². The topological polar surface area (TPSA) is 57.6 Å². The van der Waals surface area contributed by atoms with E-state index in [0.29, 0.717) is 15.6 Å². The molecule has 0 saturated carbocycles. The second-order valence-corrected chi connectivity index (χ2v) is 7.22. The van der Waals surface area contributed by atoms with Crippen LogP contribution >= 0.6 is 35.3 Å². The number of rotatable bonds is 6. The smallest absolute Gasteiger partial charge is 0.326 e. The van der Waals surface area contributed by atoms with Crippen molar-refractivity contribution in [3.05, 3.63) is 27.3 Å². The summed E-state index contributed by atoms with van der Waals surface area (Å²) in [5.74, 6) is -1.31. The molecule has 1 aliphatic rings. The Bertz CT molecular complexity index is 580. The number of hydrogen-bond donors (Lipinski definition) is 1. The molecule has 21 heavy (non-hydrogen) atoms. The summed E-state index contributed by atoms with van der Waals surface area (Å²) < 4.78 is 0.325. The minimum absolute atomic E-state index is 0.304. The summed E-state index contributed by atoms with van der Waals surface area (Å²) in [7, 11) is 0. The molecular formula is C14H15NO3S3. The van der Waals surface area contributed by atoms with Crippen molar-refractivity contribution >= 4 is 57.6 Å². The van der Waals surface area contributed by atoms with Gasteiger partial charge in [-0.3, -0.25) is 9.69 Å². The highest BCUT2D eigenvalue weighted by atomic mass is 32.2. The molecule has 112 valence electrons. The van der Waals surface area contributed by atoms with E-state index in [-0.39, 0.29) is 5.91 Å². The van der Waals surface area contributed by atoms with Gasteiger partial charge in [-0.2, -0.15) is 0 Å². The summed E-state index contributed by atoms with van der Waals surface area (Å²) in [6.07, 6.45) is 3.81. The monoisotopic (exact) mass is 341 g/mol. The highest BCUT2D eigenvalue weighted by Crippen LogP contribution is 2.35. The van der Waals surface area contributed by atoms with E-state index in [1.54, 1.807) is 6.08 Å². The summed E-state index contributed by atoms with van der Waals surface area (Å²) in [6.45, 7) is 1.99. The maximum Gasteiger partial charge on any atom is 0.326 e. The Balaban J connectivity index is 2.22. The Hall–Kier alpha value is -1.18. The normalized spacial score (nSPS) is 18.5. The van der Waals surface area contributed by atoms with Crippen molar-refractivity contribution in [1.82, 2.24) is 4.90 Å². The molecule has 0 aromatic carbocycles. The lowest BCUT2D eigenvalue weighted by Crippen LogP contribution is -2.43. The zero-order chi connectivity index (χ0) is 15.4. The summed E-state index contributed by atoms with van der Waals surface area (Å²) in [5.41, 5.74) is 0. The van der Waals surface area contributed by atoms with E-state index in [1.165, 1.54) is 28.0 Å². The summed E-state index contributed by atoms with van der Waals surface area (Å²) in [4.78, 5) is 26.6. The molecule has 1 aromatic rings. The highest BCUT2D eigenvalue weighted by Gasteiger charge is 2.40. The van der Waals surface area contributed by atoms with Crippen LogP contribution in [0.25, 0.3) is 6.08 Å². The van der Waals surface area contributed by atoms with Gasteiger partial charge in [0.2, 0.25) is 0 Å². The van der Waals surface area contributed by atoms with Gasteiger partial charge in [0.15, 0.2) is 0 Å². The van der Waals surface area contributed by atoms with Crippen molar-refractivity contribution in [3.8, 4) is 0 Å². The standard InChI is InChI=1S/C14H15NO3S3/c1-2-3-6-10(13(17)18)15-12(16)11(21-14(15)19)8-9-5-4-7-20-9/h4-5,7-8,10H,2-3,6H2,1H3,(H,17,18)/t10-/m0/s1. The number of thioether (sulfide) groups is 1. The molecule has 1 aliphatic heterocycles. The molecule has 1 aromatic heterocycles. The van der Waals surface area contributed by atoms with Crippen LogP contribution in [0.1, 0.15) is 31.1 Å². The SMILES string of the molecule is CCCC[C@@H](C(=O)O)N1C(=O)C(=Cc2cccs2)SC1=S. The average molecular weight is 341 g/mol. The molecule has 1 amide bonds. The van der Waals surface area contributed by atoms with Gasteiger partial charge in [0.25, 0.3) is 5.91 Å². The molecule has 1 fully saturated rings. The third-order valence-corrected chi connectivity index (χ3v) is 5.22. The van der Waals surface area contributed by atoms with Crippen LogP contribution in [-0.4, -0.2) is 32.2 Å². The number of carboxylic acids is 1. The van der Waals surface area contributed by atoms with Gasteiger partial charge in [-0.25, -0.2) is 4.79 Å². The number of thiocarbonyl (C=S) groups is 1. The van der Waals surface area contributed by atoms with Crippen LogP contribution in [0, 0.1) is 0 Å². The Kier molecular flexibility index (Phi) is 5.55. The van der Waals surface area contributed by atoms with Crippen molar-refractivity contribution in [1.29, 1.82) is 0 Å². The Morgan fingerprint density at radius 3 is 2.90 bits per heavy atom. The van der Waals surface area contributed by atoms with Crippen molar-refractivity contribution < 1.29 is 14.7 Å². The third-order valence-electron chi connectivity index (χ3n) is 3.07. The number of nitrogens with zero attached hydrogens (tertiary/aromatic N) is 1. The maximum atomic E-state index is 12.4. The number of hydrogen-bond acceptors (Lipinski definition) is 5. The quantitative estimate of drug-likeness (QED) is 0.633. The molecule has 0 unspecified atom stereocenters. The average Bonchev–Trinajstić information content (AvgIpc) is 3.02. The Morgan fingerprint density at radius 2 is 2.33 bits per heavy atom. The van der Waals surface area contributed by atoms with Gasteiger partial charge in [-0.15, -0.1) is 11.3 Å². The van der Waals surface area contributed by atoms with Gasteiger partial charge in [0.05, 0.1) is 4.91 Å². The predicted molar refractivity (Wildman–Crippen MR) is 90.3 cm³/mol. The van der Waals surface area contributed by atoms with E-state index < -0.39 is 12.0 Å². The molecule has 0 radical (unpaired) electrons. The van der Waals surface area contributed by atoms with Crippen LogP contribution in [0.15, 0.2) is 22.4 Å². The molecule has 2 heterocycles. The number of thiophene rings is 1. The highest BCUT2D eigenvalue weighted by molar-refractivity contribution is 8.26. The first kappa shape index (κ1) is 16.2. The van der Waals surface area contributed by atoms with Crippen molar-refractivity contribution in [2.24, 2.45) is 0 Å². The lowest BCUT2D eigenvalue weighted by molar-refractivity contribution is -0.145. The van der Waals surface area contributed by atoms with E-state index in [4.69, 9.17) is 12.2 Å². The van der Waals surface area contributed by atoms with Crippen LogP contribution in [0.2, 0.25) is 0 Å². The van der Waals surface area contributed by atoms with Crippen molar-refractivity contribution in [2.75, 3.05) is 0 Å². The minimum atomic E-state index is -1.00. The fourth-order valence-electron chi connectivity index (χ4n) is 2.01. The molecule has 0 spiro atoms. The third kappa shape index (κ3) is 3.72. The second kappa shape index (κ2) is 7.20. The van der Waals surface area contributed by atoms with Gasteiger partial charge in [0.1, 0.15) is 10.4 Å². The summed E-state index contributed by atoms with van der Waals surface area (Å²) >= 11 is 7.90. The van der Waals surface area contributed by atoms with Crippen LogP contribution in [0.4, 0.5) is 0 Å². The molecule has 1 atom stereocenters. The molecular weight excluding hydrogens is 326 g/mol. The number of carbonyl (C=O) groups excluding carboxylic acids is 1. The van der Waals surface area contributed by atoms with Crippen molar-refractivity contribution in [2.45, 2.75) is 32.2 Å². The van der Waals surface area contributed by atoms with Gasteiger partial charge >= 0.3 is 5.97 Å². The van der Waals surface area contributed by atoms with Crippen LogP contribution in [0.3, 0.4) is 0 Å². The Labute approximate surface area is 136 Å². The van der Waals surface area contributed by atoms with Crippen molar-refractivity contribution in [3.63, 3.8) is 0 Å². The van der Waals surface area contributed by atoms with E-state index >= 15 is 0 Å². The van der Waals surface area contributed by atoms with Gasteiger partial charge in [-0.05, 0) is 23.9 Å². The minimum Gasteiger partial charge on any atom is -0.480 e. The van der Waals surface area contributed by atoms with Crippen LogP contribution in [0.5, 0.6) is 0 Å². The summed E-state index contributed by atoms with van der Waals surface area (Å²) in [5, 5.41) is 11.3. The number of carbonyl (C=O) groups is 2. The zero-order valence-corrected chi connectivity index (χ0v) is 13.9. The fraction of sp³-hybridized carbons (Fsp3) is 0.357. The maximum absolute atomic E-state index is 12.4. The number of amides is 1. The lowest BCUT2D eigenvalue weighted by atomic mass is 10.1. The first-order chi connectivity index (χ1) is 10.0.